The molecule has 144 valence electrons. The van der Waals surface area contributed by atoms with Crippen molar-refractivity contribution in [2.24, 2.45) is 11.3 Å². The van der Waals surface area contributed by atoms with Crippen LogP contribution in [0.3, 0.4) is 0 Å². The molecule has 0 aromatic heterocycles. The fourth-order valence-electron chi connectivity index (χ4n) is 5.12. The average Bonchev–Trinajstić information content (AvgIpc) is 3.02. The first kappa shape index (κ1) is 18.9. The van der Waals surface area contributed by atoms with E-state index in [9.17, 15) is 20.6 Å². The number of para-hydroxylation sites is 1. The first-order chi connectivity index (χ1) is 13.9. The Labute approximate surface area is 169 Å². The smallest absolute Gasteiger partial charge is 0.242 e. The highest BCUT2D eigenvalue weighted by Gasteiger charge is 2.70. The van der Waals surface area contributed by atoms with Crippen LogP contribution in [0, 0.1) is 50.7 Å². The molecule has 1 aromatic carbocycles. The number of fused-ring (bicyclic) bond motifs is 3. The van der Waals surface area contributed by atoms with Crippen molar-refractivity contribution in [1.82, 2.24) is 4.90 Å². The summed E-state index contributed by atoms with van der Waals surface area (Å²) in [5, 5.41) is 41.8. The van der Waals surface area contributed by atoms with Crippen LogP contribution in [0.25, 0.3) is 0 Å². The number of anilines is 1. The van der Waals surface area contributed by atoms with E-state index in [1.54, 1.807) is 24.3 Å². The molecule has 2 N–H and O–H groups in total. The standard InChI is InChI=1S/C22H20N6O/c1-13(2)28-8-7-14-15(9-23)19(26)21(11-24,12-25)22(17(14)10-28)16-5-3-4-6-18(16)27-20(22)29/h3-6,13,15,26H,7-8,10H2,1-2H3,(H,27,29)/t15?,22-/m0/s1. The van der Waals surface area contributed by atoms with Crippen LogP contribution in [0.5, 0.6) is 0 Å². The van der Waals surface area contributed by atoms with E-state index in [4.69, 9.17) is 5.41 Å². The Kier molecular flexibility index (Phi) is 4.08. The summed E-state index contributed by atoms with van der Waals surface area (Å²) in [5.74, 6) is -1.44. The van der Waals surface area contributed by atoms with Gasteiger partial charge in [0, 0.05) is 24.8 Å². The fourth-order valence-corrected chi connectivity index (χ4v) is 5.12. The molecule has 1 unspecified atom stereocenters. The molecule has 7 heteroatoms. The molecular weight excluding hydrogens is 364 g/mol. The van der Waals surface area contributed by atoms with Gasteiger partial charge in [0.1, 0.15) is 11.3 Å². The number of benzene rings is 1. The van der Waals surface area contributed by atoms with E-state index in [1.807, 2.05) is 12.1 Å². The predicted molar refractivity (Wildman–Crippen MR) is 106 cm³/mol. The molecule has 1 aromatic rings. The van der Waals surface area contributed by atoms with Crippen molar-refractivity contribution in [2.45, 2.75) is 31.7 Å². The highest BCUT2D eigenvalue weighted by Crippen LogP contribution is 2.60. The molecule has 2 heterocycles. The lowest BCUT2D eigenvalue weighted by Gasteiger charge is -2.50. The zero-order chi connectivity index (χ0) is 21.0. The number of rotatable bonds is 1. The summed E-state index contributed by atoms with van der Waals surface area (Å²) in [5.41, 5.74) is -1.58. The van der Waals surface area contributed by atoms with E-state index in [1.165, 1.54) is 0 Å². The minimum Gasteiger partial charge on any atom is -0.325 e. The summed E-state index contributed by atoms with van der Waals surface area (Å²) in [6.07, 6.45) is 0.526. The van der Waals surface area contributed by atoms with Crippen molar-refractivity contribution in [1.29, 1.82) is 21.2 Å². The Morgan fingerprint density at radius 1 is 1.24 bits per heavy atom. The Bertz CT molecular complexity index is 1080. The molecule has 0 radical (unpaired) electrons. The Morgan fingerprint density at radius 2 is 1.93 bits per heavy atom. The van der Waals surface area contributed by atoms with Crippen molar-refractivity contribution < 1.29 is 4.79 Å². The maximum absolute atomic E-state index is 13.6. The summed E-state index contributed by atoms with van der Waals surface area (Å²) in [4.78, 5) is 15.7. The number of hydrogen-bond donors (Lipinski definition) is 2. The van der Waals surface area contributed by atoms with Gasteiger partial charge in [-0.3, -0.25) is 9.69 Å². The third kappa shape index (κ3) is 2.07. The van der Waals surface area contributed by atoms with Crippen LogP contribution in [0.2, 0.25) is 0 Å². The molecule has 0 bridgehead atoms. The first-order valence-corrected chi connectivity index (χ1v) is 9.57. The number of carbonyl (C=O) groups excluding carboxylic acids is 1. The van der Waals surface area contributed by atoms with Gasteiger partial charge in [-0.1, -0.05) is 18.2 Å². The molecule has 7 nitrogen and oxygen atoms in total. The maximum atomic E-state index is 13.6. The predicted octanol–water partition coefficient (Wildman–Crippen LogP) is 2.49. The largest absolute Gasteiger partial charge is 0.325 e. The number of nitrogens with one attached hydrogen (secondary N) is 2. The van der Waals surface area contributed by atoms with Gasteiger partial charge in [-0.05, 0) is 43.0 Å². The summed E-state index contributed by atoms with van der Waals surface area (Å²) in [6, 6.07) is 13.4. The molecule has 2 atom stereocenters. The first-order valence-electron chi connectivity index (χ1n) is 9.57. The van der Waals surface area contributed by atoms with E-state index in [0.717, 1.165) is 0 Å². The number of nitrogens with zero attached hydrogens (tertiary/aromatic N) is 4. The molecule has 0 fully saturated rings. The van der Waals surface area contributed by atoms with Crippen molar-refractivity contribution in [3.63, 3.8) is 0 Å². The number of hydrogen-bond acceptors (Lipinski definition) is 6. The van der Waals surface area contributed by atoms with Gasteiger partial charge in [0.2, 0.25) is 11.3 Å². The van der Waals surface area contributed by atoms with Crippen LogP contribution in [-0.4, -0.2) is 35.7 Å². The van der Waals surface area contributed by atoms with Crippen LogP contribution < -0.4 is 5.32 Å². The molecule has 1 aliphatic carbocycles. The molecule has 29 heavy (non-hydrogen) atoms. The van der Waals surface area contributed by atoms with E-state index < -0.39 is 22.7 Å². The maximum Gasteiger partial charge on any atom is 0.242 e. The van der Waals surface area contributed by atoms with Gasteiger partial charge in [0.15, 0.2) is 0 Å². The number of carbonyl (C=O) groups is 1. The van der Waals surface area contributed by atoms with Crippen LogP contribution in [0.4, 0.5) is 5.69 Å². The second kappa shape index (κ2) is 6.27. The molecule has 1 spiro atoms. The van der Waals surface area contributed by atoms with Gasteiger partial charge in [0.25, 0.3) is 0 Å². The second-order valence-corrected chi connectivity index (χ2v) is 8.02. The molecule has 3 aliphatic rings. The quantitative estimate of drug-likeness (QED) is 0.719. The zero-order valence-corrected chi connectivity index (χ0v) is 16.3. The third-order valence-corrected chi connectivity index (χ3v) is 6.59. The Balaban J connectivity index is 2.14. The number of nitriles is 3. The molecule has 1 amide bonds. The third-order valence-electron chi connectivity index (χ3n) is 6.59. The monoisotopic (exact) mass is 384 g/mol. The topological polar surface area (TPSA) is 128 Å². The van der Waals surface area contributed by atoms with E-state index in [0.29, 0.717) is 41.9 Å². The molecule has 0 saturated heterocycles. The number of amides is 1. The summed E-state index contributed by atoms with van der Waals surface area (Å²) >= 11 is 0. The molecular formula is C22H20N6O. The van der Waals surface area contributed by atoms with Crippen molar-refractivity contribution >= 4 is 17.3 Å². The Hall–Kier alpha value is -3.47. The minimum absolute atomic E-state index is 0.196. The van der Waals surface area contributed by atoms with Gasteiger partial charge in [0.05, 0.1) is 23.9 Å². The highest BCUT2D eigenvalue weighted by molar-refractivity contribution is 6.17. The lowest BCUT2D eigenvalue weighted by molar-refractivity contribution is -0.121. The van der Waals surface area contributed by atoms with Gasteiger partial charge >= 0.3 is 0 Å². The highest BCUT2D eigenvalue weighted by atomic mass is 16.2. The molecule has 2 aliphatic heterocycles. The second-order valence-electron chi connectivity index (χ2n) is 8.02. The SMILES string of the molecule is CC(C)N1CCC2=C(C1)[C@@]1(C(=O)Nc3ccccc31)C(C#N)(C#N)C(=N)C2C#N. The van der Waals surface area contributed by atoms with E-state index in [-0.39, 0.29) is 11.8 Å². The normalized spacial score (nSPS) is 27.7. The van der Waals surface area contributed by atoms with E-state index in [2.05, 4.69) is 30.1 Å². The van der Waals surface area contributed by atoms with Crippen LogP contribution in [0.15, 0.2) is 35.4 Å². The van der Waals surface area contributed by atoms with E-state index >= 15 is 0 Å². The van der Waals surface area contributed by atoms with Crippen molar-refractivity contribution in [2.75, 3.05) is 18.4 Å². The van der Waals surface area contributed by atoms with Gasteiger partial charge in [-0.2, -0.15) is 15.8 Å². The van der Waals surface area contributed by atoms with Crippen molar-refractivity contribution in [3.8, 4) is 18.2 Å². The van der Waals surface area contributed by atoms with Gasteiger partial charge in [-0.15, -0.1) is 0 Å². The summed E-state index contributed by atoms with van der Waals surface area (Å²) < 4.78 is 0. The lowest BCUT2D eigenvalue weighted by atomic mass is 9.49. The zero-order valence-electron chi connectivity index (χ0n) is 16.3. The van der Waals surface area contributed by atoms with Crippen LogP contribution >= 0.6 is 0 Å². The summed E-state index contributed by atoms with van der Waals surface area (Å²) in [7, 11) is 0. The van der Waals surface area contributed by atoms with Crippen LogP contribution in [-0.2, 0) is 10.2 Å². The summed E-state index contributed by atoms with van der Waals surface area (Å²) in [6.45, 7) is 5.18. The average molecular weight is 384 g/mol. The lowest BCUT2D eigenvalue weighted by Crippen LogP contribution is -2.62. The molecule has 0 saturated carbocycles. The Morgan fingerprint density at radius 3 is 2.55 bits per heavy atom. The fraction of sp³-hybridized carbons (Fsp3) is 0.409. The molecule has 4 rings (SSSR count). The van der Waals surface area contributed by atoms with Crippen LogP contribution in [0.1, 0.15) is 25.8 Å². The minimum atomic E-state index is -2.08. The van der Waals surface area contributed by atoms with Gasteiger partial charge < -0.3 is 10.7 Å². The van der Waals surface area contributed by atoms with Gasteiger partial charge in [-0.25, -0.2) is 0 Å². The van der Waals surface area contributed by atoms with Crippen molar-refractivity contribution in [3.05, 3.63) is 41.0 Å².